The van der Waals surface area contributed by atoms with Gasteiger partial charge in [0.15, 0.2) is 5.03 Å². The molecule has 28 heavy (non-hydrogen) atoms. The quantitative estimate of drug-likeness (QED) is 0.255. The van der Waals surface area contributed by atoms with Crippen LogP contribution < -0.4 is 17.2 Å². The van der Waals surface area contributed by atoms with Crippen LogP contribution in [0.2, 0.25) is 0 Å². The highest BCUT2D eigenvalue weighted by atomic mass is 16.7. The highest BCUT2D eigenvalue weighted by molar-refractivity contribution is 5.87. The Morgan fingerprint density at radius 3 is 1.93 bits per heavy atom. The van der Waals surface area contributed by atoms with Gasteiger partial charge in [-0.1, -0.05) is 60.7 Å². The third-order valence-corrected chi connectivity index (χ3v) is 4.30. The standard InChI is InChI=1S/C19H24N6O3/c20-13-7-12-16(18(21)26)24(19(22)23-25(27)28)17(14-8-3-1-4-9-14)15-10-5-2-6-11-15/h1-6,8-11,16-17H,7,12-13,20H2,(H2,21,26)(H2,22,23)/t16-/m1/s1. The molecule has 0 aliphatic heterocycles. The Balaban J connectivity index is 2.67. The summed E-state index contributed by atoms with van der Waals surface area (Å²) in [6, 6.07) is 16.9. The lowest BCUT2D eigenvalue weighted by Crippen LogP contribution is -2.53. The summed E-state index contributed by atoms with van der Waals surface area (Å²) < 4.78 is 0. The number of nitro groups is 1. The lowest BCUT2D eigenvalue weighted by Gasteiger charge is -2.37. The molecule has 0 saturated carbocycles. The van der Waals surface area contributed by atoms with Crippen molar-refractivity contribution in [2.45, 2.75) is 24.9 Å². The Kier molecular flexibility index (Phi) is 7.46. The van der Waals surface area contributed by atoms with Gasteiger partial charge >= 0.3 is 0 Å². The molecular formula is C19H24N6O3. The number of hydrogen-bond donors (Lipinski definition) is 3. The number of benzene rings is 2. The summed E-state index contributed by atoms with van der Waals surface area (Å²) in [6.07, 6.45) is 0.780. The predicted octanol–water partition coefficient (Wildman–Crippen LogP) is 1.18. The zero-order valence-corrected chi connectivity index (χ0v) is 15.3. The van der Waals surface area contributed by atoms with Crippen molar-refractivity contribution in [3.05, 3.63) is 81.9 Å². The second-order valence-corrected chi connectivity index (χ2v) is 6.18. The van der Waals surface area contributed by atoms with Gasteiger partial charge in [0, 0.05) is 0 Å². The maximum absolute atomic E-state index is 12.3. The molecule has 0 saturated heterocycles. The SMILES string of the molecule is NCCC[C@H](C(N)=O)N(C(N)=N[N+](=O)[O-])C(c1ccccc1)c1ccccc1. The first-order valence-electron chi connectivity index (χ1n) is 8.81. The summed E-state index contributed by atoms with van der Waals surface area (Å²) in [7, 11) is 0. The summed E-state index contributed by atoms with van der Waals surface area (Å²) in [4.78, 5) is 24.7. The smallest absolute Gasteiger partial charge is 0.270 e. The van der Waals surface area contributed by atoms with Gasteiger partial charge in [0.1, 0.15) is 11.1 Å². The zero-order chi connectivity index (χ0) is 20.5. The predicted molar refractivity (Wildman–Crippen MR) is 106 cm³/mol. The number of guanidine groups is 1. The van der Waals surface area contributed by atoms with Gasteiger partial charge in [0.05, 0.1) is 6.04 Å². The van der Waals surface area contributed by atoms with Crippen LogP contribution in [0.3, 0.4) is 0 Å². The van der Waals surface area contributed by atoms with Crippen molar-refractivity contribution in [2.75, 3.05) is 6.54 Å². The van der Waals surface area contributed by atoms with Gasteiger partial charge in [-0.3, -0.25) is 4.79 Å². The van der Waals surface area contributed by atoms with Crippen LogP contribution in [-0.4, -0.2) is 34.4 Å². The second-order valence-electron chi connectivity index (χ2n) is 6.18. The molecule has 0 aliphatic carbocycles. The first-order valence-corrected chi connectivity index (χ1v) is 8.81. The fraction of sp³-hybridized carbons (Fsp3) is 0.263. The van der Waals surface area contributed by atoms with Crippen molar-refractivity contribution in [1.29, 1.82) is 0 Å². The van der Waals surface area contributed by atoms with E-state index in [0.717, 1.165) is 11.1 Å². The Morgan fingerprint density at radius 2 is 1.54 bits per heavy atom. The van der Waals surface area contributed by atoms with E-state index < -0.39 is 29.0 Å². The van der Waals surface area contributed by atoms with Crippen LogP contribution in [0.15, 0.2) is 65.8 Å². The van der Waals surface area contributed by atoms with E-state index in [1.165, 1.54) is 4.90 Å². The number of carbonyl (C=O) groups is 1. The first-order chi connectivity index (χ1) is 13.5. The number of amides is 1. The molecule has 0 spiro atoms. The van der Waals surface area contributed by atoms with Crippen LogP contribution in [0.4, 0.5) is 0 Å². The van der Waals surface area contributed by atoms with Crippen LogP contribution in [0, 0.1) is 10.1 Å². The lowest BCUT2D eigenvalue weighted by molar-refractivity contribution is -0.485. The second kappa shape index (κ2) is 10.0. The molecule has 148 valence electrons. The van der Waals surface area contributed by atoms with Crippen molar-refractivity contribution in [3.8, 4) is 0 Å². The molecule has 6 N–H and O–H groups in total. The molecule has 1 atom stereocenters. The van der Waals surface area contributed by atoms with Crippen LogP contribution in [-0.2, 0) is 4.79 Å². The molecule has 0 fully saturated rings. The molecule has 0 radical (unpaired) electrons. The molecule has 9 nitrogen and oxygen atoms in total. The molecule has 0 bridgehead atoms. The van der Waals surface area contributed by atoms with E-state index in [0.29, 0.717) is 13.0 Å². The number of primary amides is 1. The average Bonchev–Trinajstić information content (AvgIpc) is 2.68. The van der Waals surface area contributed by atoms with E-state index in [2.05, 4.69) is 5.10 Å². The van der Waals surface area contributed by atoms with Crippen molar-refractivity contribution in [3.63, 3.8) is 0 Å². The molecule has 9 heteroatoms. The lowest BCUT2D eigenvalue weighted by atomic mass is 9.94. The maximum Gasteiger partial charge on any atom is 0.270 e. The van der Waals surface area contributed by atoms with E-state index in [9.17, 15) is 14.9 Å². The fourth-order valence-electron chi connectivity index (χ4n) is 3.12. The summed E-state index contributed by atoms with van der Waals surface area (Å²) in [6.45, 7) is 0.339. The van der Waals surface area contributed by atoms with Gasteiger partial charge < -0.3 is 22.1 Å². The van der Waals surface area contributed by atoms with Crippen LogP contribution in [0.25, 0.3) is 0 Å². The highest BCUT2D eigenvalue weighted by Crippen LogP contribution is 2.31. The minimum absolute atomic E-state index is 0.288. The van der Waals surface area contributed by atoms with Gasteiger partial charge in [0.2, 0.25) is 5.91 Å². The minimum Gasteiger partial charge on any atom is -0.368 e. The van der Waals surface area contributed by atoms with E-state index in [-0.39, 0.29) is 6.42 Å². The monoisotopic (exact) mass is 384 g/mol. The van der Waals surface area contributed by atoms with Gasteiger partial charge in [-0.05, 0) is 30.5 Å². The zero-order valence-electron chi connectivity index (χ0n) is 15.3. The van der Waals surface area contributed by atoms with E-state index >= 15 is 0 Å². The fourth-order valence-corrected chi connectivity index (χ4v) is 3.12. The molecule has 2 aromatic carbocycles. The first kappa shape index (κ1) is 20.8. The number of carbonyl (C=O) groups excluding carboxylic acids is 1. The largest absolute Gasteiger partial charge is 0.368 e. The number of nitrogens with two attached hydrogens (primary N) is 3. The third-order valence-electron chi connectivity index (χ3n) is 4.30. The molecule has 0 aliphatic rings. The van der Waals surface area contributed by atoms with E-state index in [1.807, 2.05) is 60.7 Å². The normalized spacial score (nSPS) is 12.6. The summed E-state index contributed by atoms with van der Waals surface area (Å²) in [5.41, 5.74) is 18.8. The highest BCUT2D eigenvalue weighted by Gasteiger charge is 2.34. The molecule has 0 heterocycles. The van der Waals surface area contributed by atoms with Crippen molar-refractivity contribution >= 4 is 11.9 Å². The van der Waals surface area contributed by atoms with E-state index in [1.54, 1.807) is 0 Å². The summed E-state index contributed by atoms with van der Waals surface area (Å²) in [5.74, 6) is -1.06. The Labute approximate surface area is 163 Å². The molecule has 1 amide bonds. The Morgan fingerprint density at radius 1 is 1.04 bits per heavy atom. The summed E-state index contributed by atoms with van der Waals surface area (Å²) in [5, 5.41) is 13.4. The number of rotatable bonds is 9. The van der Waals surface area contributed by atoms with Gasteiger partial charge in [-0.15, -0.1) is 0 Å². The minimum atomic E-state index is -0.919. The van der Waals surface area contributed by atoms with Crippen LogP contribution in [0.5, 0.6) is 0 Å². The summed E-state index contributed by atoms with van der Waals surface area (Å²) >= 11 is 0. The van der Waals surface area contributed by atoms with Crippen molar-refractivity contribution in [1.82, 2.24) is 4.90 Å². The number of hydrogen-bond acceptors (Lipinski definition) is 4. The maximum atomic E-state index is 12.3. The van der Waals surface area contributed by atoms with Crippen LogP contribution >= 0.6 is 0 Å². The van der Waals surface area contributed by atoms with Crippen LogP contribution in [0.1, 0.15) is 30.0 Å². The van der Waals surface area contributed by atoms with Crippen molar-refractivity contribution < 1.29 is 9.83 Å². The van der Waals surface area contributed by atoms with Gasteiger partial charge in [-0.2, -0.15) is 0 Å². The van der Waals surface area contributed by atoms with Crippen molar-refractivity contribution in [2.24, 2.45) is 22.3 Å². The Bertz CT molecular complexity index is 773. The number of hydrazone groups is 1. The molecule has 2 rings (SSSR count). The van der Waals surface area contributed by atoms with E-state index in [4.69, 9.17) is 17.2 Å². The number of nitrogens with zero attached hydrogens (tertiary/aromatic N) is 3. The van der Waals surface area contributed by atoms with Gasteiger partial charge in [-0.25, -0.2) is 10.1 Å². The third kappa shape index (κ3) is 5.27. The molecule has 0 aromatic heterocycles. The molecular weight excluding hydrogens is 360 g/mol. The van der Waals surface area contributed by atoms with Gasteiger partial charge in [0.25, 0.3) is 5.96 Å². The topological polar surface area (TPSA) is 154 Å². The molecule has 2 aromatic rings. The Hall–Kier alpha value is -3.46. The average molecular weight is 384 g/mol. The molecule has 0 unspecified atom stereocenters.